The van der Waals surface area contributed by atoms with Crippen LogP contribution in [0.15, 0.2) is 16.6 Å². The normalized spacial score (nSPS) is 31.4. The first-order chi connectivity index (χ1) is 11.7. The number of thioether (sulfide) groups is 2. The van der Waals surface area contributed by atoms with Crippen molar-refractivity contribution in [3.05, 3.63) is 11.5 Å². The zero-order chi connectivity index (χ0) is 19.0. The minimum absolute atomic E-state index is 0.0227. The van der Waals surface area contributed by atoms with Crippen LogP contribution in [0.2, 0.25) is 0 Å². The lowest BCUT2D eigenvalue weighted by atomic mass is 10.0. The molecule has 1 saturated heterocycles. The monoisotopic (exact) mass is 418 g/mol. The summed E-state index contributed by atoms with van der Waals surface area (Å²) in [5.41, 5.74) is -1.16. The van der Waals surface area contributed by atoms with E-state index in [-0.39, 0.29) is 11.5 Å². The van der Waals surface area contributed by atoms with Crippen molar-refractivity contribution >= 4 is 39.0 Å². The molecule has 0 saturated carbocycles. The van der Waals surface area contributed by atoms with Crippen LogP contribution in [-0.4, -0.2) is 81.2 Å². The van der Waals surface area contributed by atoms with Gasteiger partial charge in [-0.3, -0.25) is 4.28 Å². The molecule has 5 atom stereocenters. The van der Waals surface area contributed by atoms with Crippen LogP contribution in [0.1, 0.15) is 12.8 Å². The van der Waals surface area contributed by atoms with E-state index in [1.807, 2.05) is 6.26 Å². The van der Waals surface area contributed by atoms with Gasteiger partial charge in [-0.1, -0.05) is 23.0 Å². The highest BCUT2D eigenvalue weighted by Crippen LogP contribution is 2.30. The summed E-state index contributed by atoms with van der Waals surface area (Å²) >= 11 is 2.18. The van der Waals surface area contributed by atoms with Gasteiger partial charge < -0.3 is 29.7 Å². The maximum atomic E-state index is 10.6. The summed E-state index contributed by atoms with van der Waals surface area (Å²) in [5.74, 6) is 0. The Morgan fingerprint density at radius 2 is 2.00 bits per heavy atom. The number of rotatable bonds is 8. The fourth-order valence-corrected chi connectivity index (χ4v) is 3.52. The van der Waals surface area contributed by atoms with Crippen LogP contribution < -0.4 is 0 Å². The van der Waals surface area contributed by atoms with Gasteiger partial charge in [0.05, 0.1) is 6.61 Å². The lowest BCUT2D eigenvalue weighted by molar-refractivity contribution is -0.205. The third-order valence-corrected chi connectivity index (χ3v) is 4.98. The number of nitrogens with zero attached hydrogens (tertiary/aromatic N) is 1. The molecule has 0 unspecified atom stereocenters. The Balaban J connectivity index is 2.85. The van der Waals surface area contributed by atoms with Crippen molar-refractivity contribution in [1.82, 2.24) is 0 Å². The van der Waals surface area contributed by atoms with Crippen LogP contribution in [0.25, 0.3) is 0 Å². The second-order valence-electron chi connectivity index (χ2n) is 4.93. The van der Waals surface area contributed by atoms with Crippen molar-refractivity contribution in [2.75, 3.05) is 12.9 Å². The molecule has 13 heteroatoms. The van der Waals surface area contributed by atoms with E-state index >= 15 is 0 Å². The van der Waals surface area contributed by atoms with E-state index in [9.17, 15) is 28.3 Å². The molecule has 146 valence electrons. The van der Waals surface area contributed by atoms with Crippen molar-refractivity contribution < 1.29 is 42.4 Å². The molecule has 1 aliphatic rings. The molecule has 0 aliphatic carbocycles. The van der Waals surface area contributed by atoms with Crippen molar-refractivity contribution in [3.63, 3.8) is 0 Å². The Kier molecular flexibility index (Phi) is 9.69. The Labute approximate surface area is 153 Å². The average Bonchev–Trinajstić information content (AvgIpc) is 2.55. The van der Waals surface area contributed by atoms with Crippen molar-refractivity contribution in [3.8, 4) is 0 Å². The highest BCUT2D eigenvalue weighted by Gasteiger charge is 2.44. The van der Waals surface area contributed by atoms with E-state index in [1.165, 1.54) is 11.8 Å². The summed E-state index contributed by atoms with van der Waals surface area (Å²) in [6.45, 7) is -0.601. The summed E-state index contributed by atoms with van der Waals surface area (Å²) in [5, 5.41) is 43.7. The molecular weight excluding hydrogens is 398 g/mol. The fraction of sp³-hybridized carbons (Fsp3) is 0.750. The van der Waals surface area contributed by atoms with Crippen LogP contribution in [0.4, 0.5) is 0 Å². The van der Waals surface area contributed by atoms with Crippen molar-refractivity contribution in [2.24, 2.45) is 5.16 Å². The molecule has 0 radical (unpaired) electrons. The average molecular weight is 418 g/mol. The number of hydrogen-bond acceptors (Lipinski definition) is 12. The molecule has 0 bridgehead atoms. The second kappa shape index (κ2) is 10.7. The van der Waals surface area contributed by atoms with Crippen LogP contribution in [0.5, 0.6) is 0 Å². The molecule has 1 rings (SSSR count). The second-order valence-corrected chi connectivity index (χ2v) is 7.81. The van der Waals surface area contributed by atoms with Crippen molar-refractivity contribution in [1.29, 1.82) is 0 Å². The molecule has 0 aromatic rings. The van der Waals surface area contributed by atoms with E-state index in [1.54, 1.807) is 11.5 Å². The van der Waals surface area contributed by atoms with Crippen LogP contribution in [0.3, 0.4) is 0 Å². The van der Waals surface area contributed by atoms with Crippen LogP contribution in [-0.2, 0) is 19.4 Å². The first-order valence-electron chi connectivity index (χ1n) is 7.06. The third-order valence-electron chi connectivity index (χ3n) is 3.09. The highest BCUT2D eigenvalue weighted by molar-refractivity contribution is 8.14. The molecule has 0 amide bonds. The predicted octanol–water partition coefficient (Wildman–Crippen LogP) is -1.03. The van der Waals surface area contributed by atoms with E-state index in [0.717, 1.165) is 11.8 Å². The maximum Gasteiger partial charge on any atom is 0.284 e. The van der Waals surface area contributed by atoms with Gasteiger partial charge in [0.2, 0.25) is 0 Å². The van der Waals surface area contributed by atoms with Crippen molar-refractivity contribution in [2.45, 2.75) is 42.7 Å². The molecule has 1 heterocycles. The number of aliphatic hydroxyl groups is 4. The van der Waals surface area contributed by atoms with Gasteiger partial charge in [0.15, 0.2) is 0 Å². The van der Waals surface area contributed by atoms with Gasteiger partial charge >= 0.3 is 0 Å². The van der Waals surface area contributed by atoms with Gasteiger partial charge in [0, 0.05) is 6.42 Å². The van der Waals surface area contributed by atoms with Gasteiger partial charge in [-0.25, -0.2) is 0 Å². The molecule has 25 heavy (non-hydrogen) atoms. The van der Waals surface area contributed by atoms with Gasteiger partial charge in [0.1, 0.15) is 34.9 Å². The summed E-state index contributed by atoms with van der Waals surface area (Å²) in [7, 11) is -5.05. The molecule has 4 N–H and O–H groups in total. The van der Waals surface area contributed by atoms with Gasteiger partial charge in [-0.15, -0.1) is 11.8 Å². The molecule has 10 nitrogen and oxygen atoms in total. The van der Waals surface area contributed by atoms with E-state index in [4.69, 9.17) is 9.84 Å². The largest absolute Gasteiger partial charge is 0.714 e. The smallest absolute Gasteiger partial charge is 0.284 e. The Morgan fingerprint density at radius 1 is 1.32 bits per heavy atom. The number of hydrogen-bond donors (Lipinski definition) is 4. The number of allylic oxidation sites excluding steroid dienone is 1. The Hall–Kier alpha value is -0.380. The Bertz CT molecular complexity index is 566. The quantitative estimate of drug-likeness (QED) is 0.125. The minimum atomic E-state index is -5.05. The van der Waals surface area contributed by atoms with E-state index < -0.39 is 46.9 Å². The zero-order valence-electron chi connectivity index (χ0n) is 13.2. The molecule has 0 aromatic heterocycles. The first-order valence-corrected chi connectivity index (χ1v) is 10.6. The Morgan fingerprint density at radius 3 is 2.56 bits per heavy atom. The molecule has 0 spiro atoms. The zero-order valence-corrected chi connectivity index (χ0v) is 15.6. The lowest BCUT2D eigenvalue weighted by Gasteiger charge is -2.39. The summed E-state index contributed by atoms with van der Waals surface area (Å²) in [4.78, 5) is 0. The highest BCUT2D eigenvalue weighted by atomic mass is 32.3. The van der Waals surface area contributed by atoms with Gasteiger partial charge in [-0.2, -0.15) is 8.42 Å². The lowest BCUT2D eigenvalue weighted by Crippen LogP contribution is -2.57. The molecule has 0 aromatic carbocycles. The number of ether oxygens (including phenoxy) is 1. The predicted molar refractivity (Wildman–Crippen MR) is 91.5 cm³/mol. The number of oxime groups is 1. The van der Waals surface area contributed by atoms with E-state index in [2.05, 4.69) is 9.44 Å². The van der Waals surface area contributed by atoms with Crippen LogP contribution in [0, 0.1) is 0 Å². The summed E-state index contributed by atoms with van der Waals surface area (Å²) in [6.07, 6.45) is -1.50. The molecular formula is C12H20NO9S3-. The van der Waals surface area contributed by atoms with Gasteiger partial charge in [0.25, 0.3) is 10.4 Å². The summed E-state index contributed by atoms with van der Waals surface area (Å²) < 4.78 is 40.9. The summed E-state index contributed by atoms with van der Waals surface area (Å²) in [6, 6.07) is 0. The standard InChI is InChI=1S/C12H21NO9S3/c1-23-5-3-2-4-8(13-22-25(18,19)20)24-12-11(17)10(16)9(15)7(6-14)21-12/h3,5,7,9-12,14-17H,2,4,6H2,1H3,(H,18,19,20)/p-1/b5-3+,13-8+/t7-,9-,10+,11-,12+/m1/s1. The number of aliphatic hydroxyl groups excluding tert-OH is 4. The molecule has 1 fully saturated rings. The maximum absolute atomic E-state index is 10.6. The first kappa shape index (κ1) is 22.7. The fourth-order valence-electron chi connectivity index (χ4n) is 1.88. The molecule has 1 aliphatic heterocycles. The minimum Gasteiger partial charge on any atom is -0.714 e. The van der Waals surface area contributed by atoms with Crippen LogP contribution >= 0.6 is 23.5 Å². The SMILES string of the molecule is CS/C=C/CC/C(=N\OS(=O)(=O)[O-])S[C@@H]1O[C@H](CO)[C@@H](O)[C@H](O)[C@H]1O. The van der Waals surface area contributed by atoms with E-state index in [0.29, 0.717) is 6.42 Å². The van der Waals surface area contributed by atoms with Gasteiger partial charge in [-0.05, 0) is 18.1 Å². The topological polar surface area (TPSA) is 169 Å². The third kappa shape index (κ3) is 7.80.